The molecule has 0 saturated carbocycles. The highest BCUT2D eigenvalue weighted by Crippen LogP contribution is 2.59. The second kappa shape index (κ2) is 11.1. The van der Waals surface area contributed by atoms with Crippen molar-refractivity contribution in [2.45, 2.75) is 5.41 Å². The van der Waals surface area contributed by atoms with Gasteiger partial charge < -0.3 is 13.7 Å². The summed E-state index contributed by atoms with van der Waals surface area (Å²) in [7, 11) is 0. The smallest absolute Gasteiger partial charge is 0.159 e. The van der Waals surface area contributed by atoms with Crippen LogP contribution in [0.25, 0.3) is 55.0 Å². The van der Waals surface area contributed by atoms with Crippen LogP contribution >= 0.6 is 0 Å². The number of furan rings is 2. The highest BCUT2D eigenvalue weighted by atomic mass is 16.3. The molecule has 10 aromatic rings. The SMILES string of the molecule is c1ccc(N(c2ccc(C3(c4ccccc4)c4ccccc4-c4ccccc43)c3c2oc2ccccc23)c2cccc3oc4ccccc4c23)cc1. The molecule has 3 heteroatoms. The number of anilines is 3. The fourth-order valence-electron chi connectivity index (χ4n) is 8.91. The molecule has 2 heterocycles. The van der Waals surface area contributed by atoms with Crippen LogP contribution in [0.1, 0.15) is 22.3 Å². The zero-order chi connectivity index (χ0) is 34.2. The fourth-order valence-corrected chi connectivity index (χ4v) is 8.91. The van der Waals surface area contributed by atoms with Gasteiger partial charge in [-0.05, 0) is 75.8 Å². The van der Waals surface area contributed by atoms with Gasteiger partial charge in [-0.3, -0.25) is 0 Å². The Kier molecular flexibility index (Phi) is 6.17. The number of para-hydroxylation sites is 3. The number of fused-ring (bicyclic) bond motifs is 9. The summed E-state index contributed by atoms with van der Waals surface area (Å²) >= 11 is 0. The first-order chi connectivity index (χ1) is 25.8. The van der Waals surface area contributed by atoms with Gasteiger partial charge in [-0.1, -0.05) is 146 Å². The molecule has 0 atom stereocenters. The first-order valence-electron chi connectivity index (χ1n) is 17.8. The standard InChI is InChI=1S/C49H31NO2/c1-3-16-32(17-4-1)49(38-24-11-7-20-34(38)35-21-8-12-25-39(35)49)40-30-31-42(48-46(40)36-22-9-14-28-44(36)52-48)50(33-18-5-2-6-19-33)41-26-15-29-45-47(41)37-23-10-13-27-43(37)51-45/h1-31H. The average Bonchev–Trinajstić information content (AvgIpc) is 3.88. The van der Waals surface area contributed by atoms with Gasteiger partial charge in [0.15, 0.2) is 5.58 Å². The minimum absolute atomic E-state index is 0.587. The molecule has 0 N–H and O–H groups in total. The zero-order valence-electron chi connectivity index (χ0n) is 28.2. The second-order valence-electron chi connectivity index (χ2n) is 13.6. The molecule has 0 fully saturated rings. The molecule has 0 unspecified atom stereocenters. The number of hydrogen-bond donors (Lipinski definition) is 0. The van der Waals surface area contributed by atoms with Crippen molar-refractivity contribution in [1.29, 1.82) is 0 Å². The van der Waals surface area contributed by atoms with Crippen molar-refractivity contribution in [3.05, 3.63) is 210 Å². The Morgan fingerprint density at radius 3 is 1.63 bits per heavy atom. The Morgan fingerprint density at radius 2 is 0.923 bits per heavy atom. The Bertz CT molecular complexity index is 2930. The van der Waals surface area contributed by atoms with Crippen molar-refractivity contribution in [2.24, 2.45) is 0 Å². The molecular weight excluding hydrogens is 635 g/mol. The predicted octanol–water partition coefficient (Wildman–Crippen LogP) is 13.3. The van der Waals surface area contributed by atoms with Crippen LogP contribution in [0.3, 0.4) is 0 Å². The highest BCUT2D eigenvalue weighted by Gasteiger charge is 2.47. The Balaban J connectivity index is 1.29. The van der Waals surface area contributed by atoms with Crippen molar-refractivity contribution in [1.82, 2.24) is 0 Å². The second-order valence-corrected chi connectivity index (χ2v) is 13.6. The topological polar surface area (TPSA) is 29.5 Å². The molecule has 52 heavy (non-hydrogen) atoms. The Labute approximate surface area is 300 Å². The molecule has 0 saturated heterocycles. The van der Waals surface area contributed by atoms with Gasteiger partial charge in [0.05, 0.1) is 22.2 Å². The summed E-state index contributed by atoms with van der Waals surface area (Å²) in [4.78, 5) is 2.34. The molecule has 8 aromatic carbocycles. The molecule has 0 radical (unpaired) electrons. The highest BCUT2D eigenvalue weighted by molar-refractivity contribution is 6.17. The molecular formula is C49H31NO2. The van der Waals surface area contributed by atoms with E-state index in [1.807, 2.05) is 12.1 Å². The van der Waals surface area contributed by atoms with E-state index in [0.717, 1.165) is 60.9 Å². The fraction of sp³-hybridized carbons (Fsp3) is 0.0204. The van der Waals surface area contributed by atoms with E-state index in [0.29, 0.717) is 0 Å². The van der Waals surface area contributed by atoms with E-state index >= 15 is 0 Å². The molecule has 2 aromatic heterocycles. The lowest BCUT2D eigenvalue weighted by atomic mass is 9.66. The van der Waals surface area contributed by atoms with Gasteiger partial charge in [-0.25, -0.2) is 0 Å². The third-order valence-corrected chi connectivity index (χ3v) is 10.9. The van der Waals surface area contributed by atoms with E-state index in [9.17, 15) is 0 Å². The van der Waals surface area contributed by atoms with Gasteiger partial charge >= 0.3 is 0 Å². The molecule has 244 valence electrons. The van der Waals surface area contributed by atoms with E-state index in [1.54, 1.807) is 0 Å². The van der Waals surface area contributed by atoms with Gasteiger partial charge in [-0.2, -0.15) is 0 Å². The van der Waals surface area contributed by atoms with Crippen molar-refractivity contribution < 1.29 is 8.83 Å². The monoisotopic (exact) mass is 665 g/mol. The number of nitrogens with zero attached hydrogens (tertiary/aromatic N) is 1. The quantitative estimate of drug-likeness (QED) is 0.183. The Hall–Kier alpha value is -6.84. The first-order valence-corrected chi connectivity index (χ1v) is 17.8. The Morgan fingerprint density at radius 1 is 0.365 bits per heavy atom. The van der Waals surface area contributed by atoms with Crippen molar-refractivity contribution >= 4 is 60.9 Å². The summed E-state index contributed by atoms with van der Waals surface area (Å²) in [6.45, 7) is 0. The summed E-state index contributed by atoms with van der Waals surface area (Å²) in [6, 6.07) is 67.1. The van der Waals surface area contributed by atoms with E-state index in [1.165, 1.54) is 33.4 Å². The van der Waals surface area contributed by atoms with Crippen LogP contribution in [0.4, 0.5) is 17.1 Å². The van der Waals surface area contributed by atoms with Crippen LogP contribution in [-0.4, -0.2) is 0 Å². The van der Waals surface area contributed by atoms with Crippen LogP contribution in [0.15, 0.2) is 197 Å². The summed E-state index contributed by atoms with van der Waals surface area (Å²) in [5.41, 5.74) is 13.3. The molecule has 0 spiro atoms. The van der Waals surface area contributed by atoms with E-state index < -0.39 is 5.41 Å². The maximum absolute atomic E-state index is 7.08. The van der Waals surface area contributed by atoms with Crippen LogP contribution in [0.2, 0.25) is 0 Å². The summed E-state index contributed by atoms with van der Waals surface area (Å²) in [5, 5.41) is 4.34. The van der Waals surface area contributed by atoms with E-state index in [2.05, 4.69) is 181 Å². The number of hydrogen-bond acceptors (Lipinski definition) is 3. The van der Waals surface area contributed by atoms with Crippen molar-refractivity contribution in [2.75, 3.05) is 4.90 Å². The molecule has 1 aliphatic rings. The maximum Gasteiger partial charge on any atom is 0.159 e. The molecule has 0 aliphatic heterocycles. The summed E-state index contributed by atoms with van der Waals surface area (Å²) in [5.74, 6) is 0. The number of rotatable bonds is 5. The first kappa shape index (κ1) is 28.9. The van der Waals surface area contributed by atoms with Crippen LogP contribution in [0.5, 0.6) is 0 Å². The molecule has 0 amide bonds. The van der Waals surface area contributed by atoms with Gasteiger partial charge in [0.1, 0.15) is 16.7 Å². The maximum atomic E-state index is 7.08. The van der Waals surface area contributed by atoms with Crippen molar-refractivity contribution in [3.63, 3.8) is 0 Å². The van der Waals surface area contributed by atoms with Gasteiger partial charge in [0.25, 0.3) is 0 Å². The van der Waals surface area contributed by atoms with E-state index in [4.69, 9.17) is 8.83 Å². The number of benzene rings is 8. The molecule has 3 nitrogen and oxygen atoms in total. The van der Waals surface area contributed by atoms with Gasteiger partial charge in [-0.15, -0.1) is 0 Å². The average molecular weight is 666 g/mol. The van der Waals surface area contributed by atoms with Gasteiger partial charge in [0, 0.05) is 21.8 Å². The third-order valence-electron chi connectivity index (χ3n) is 10.9. The molecule has 11 rings (SSSR count). The zero-order valence-corrected chi connectivity index (χ0v) is 28.2. The predicted molar refractivity (Wildman–Crippen MR) is 213 cm³/mol. The lowest BCUT2D eigenvalue weighted by molar-refractivity contribution is 0.667. The minimum Gasteiger partial charge on any atom is -0.456 e. The molecule has 0 bridgehead atoms. The normalized spacial score (nSPS) is 13.2. The third kappa shape index (κ3) is 3.91. The summed E-state index contributed by atoms with van der Waals surface area (Å²) in [6.07, 6.45) is 0. The van der Waals surface area contributed by atoms with E-state index in [-0.39, 0.29) is 0 Å². The largest absolute Gasteiger partial charge is 0.456 e. The van der Waals surface area contributed by atoms with Gasteiger partial charge in [0.2, 0.25) is 0 Å². The molecule has 1 aliphatic carbocycles. The minimum atomic E-state index is -0.587. The van der Waals surface area contributed by atoms with Crippen LogP contribution < -0.4 is 4.90 Å². The van der Waals surface area contributed by atoms with Crippen molar-refractivity contribution in [3.8, 4) is 11.1 Å². The lowest BCUT2D eigenvalue weighted by Gasteiger charge is -2.35. The summed E-state index contributed by atoms with van der Waals surface area (Å²) < 4.78 is 13.5. The van der Waals surface area contributed by atoms with Crippen LogP contribution in [-0.2, 0) is 5.41 Å². The van der Waals surface area contributed by atoms with Crippen LogP contribution in [0, 0.1) is 0 Å². The lowest BCUT2D eigenvalue weighted by Crippen LogP contribution is -2.29.